The highest BCUT2D eigenvalue weighted by molar-refractivity contribution is 6.02. The van der Waals surface area contributed by atoms with Crippen LogP contribution in [0.4, 0.5) is 0 Å². The van der Waals surface area contributed by atoms with Crippen LogP contribution >= 0.6 is 0 Å². The molecule has 0 aliphatic rings. The van der Waals surface area contributed by atoms with Crippen LogP contribution in [-0.4, -0.2) is 15.8 Å². The van der Waals surface area contributed by atoms with Gasteiger partial charge in [0.1, 0.15) is 0 Å². The van der Waals surface area contributed by atoms with Gasteiger partial charge < -0.3 is 0 Å². The number of hydrogen-bond donors (Lipinski definition) is 0. The van der Waals surface area contributed by atoms with E-state index in [4.69, 9.17) is 0 Å². The molecule has 0 aliphatic heterocycles. The van der Waals surface area contributed by atoms with Crippen molar-refractivity contribution in [1.82, 2.24) is 9.97 Å². The van der Waals surface area contributed by atoms with Gasteiger partial charge >= 0.3 is 0 Å². The molecule has 0 spiro atoms. The van der Waals surface area contributed by atoms with Crippen LogP contribution in [0.5, 0.6) is 0 Å². The smallest absolute Gasteiger partial charge is 0.178 e. The summed E-state index contributed by atoms with van der Waals surface area (Å²) in [5.41, 5.74) is 3.55. The van der Waals surface area contributed by atoms with Gasteiger partial charge in [0.15, 0.2) is 5.78 Å². The Morgan fingerprint density at radius 3 is 2.00 bits per heavy atom. The maximum atomic E-state index is 11.7. The number of aryl methyl sites for hydroxylation is 2. The Hall–Kier alpha value is -2.81. The average molecular weight is 290 g/mol. The first-order valence-corrected chi connectivity index (χ1v) is 7.07. The van der Waals surface area contributed by atoms with Crippen LogP contribution < -0.4 is 0 Å². The second-order valence-electron chi connectivity index (χ2n) is 4.86. The fraction of sp³-hybridized carbons (Fsp3) is 0.105. The fourth-order valence-electron chi connectivity index (χ4n) is 1.84. The molecule has 0 bridgehead atoms. The first-order valence-electron chi connectivity index (χ1n) is 7.07. The normalized spacial score (nSPS) is 11.7. The lowest BCUT2D eigenvalue weighted by Gasteiger charge is -1.93. The van der Waals surface area contributed by atoms with E-state index in [1.165, 1.54) is 12.2 Å². The van der Waals surface area contributed by atoms with Crippen LogP contribution in [0.3, 0.4) is 0 Å². The van der Waals surface area contributed by atoms with Gasteiger partial charge in [-0.2, -0.15) is 0 Å². The maximum Gasteiger partial charge on any atom is 0.178 e. The van der Waals surface area contributed by atoms with Gasteiger partial charge in [0.05, 0.1) is 11.4 Å². The summed E-state index contributed by atoms with van der Waals surface area (Å²) in [6, 6.07) is 11.5. The molecule has 0 fully saturated rings. The van der Waals surface area contributed by atoms with Crippen LogP contribution in [0, 0.1) is 13.8 Å². The number of carbonyl (C=O) groups excluding carboxylic acids is 1. The highest BCUT2D eigenvalue weighted by atomic mass is 16.1. The summed E-state index contributed by atoms with van der Waals surface area (Å²) in [5.74, 6) is -0.0786. The van der Waals surface area contributed by atoms with Crippen molar-refractivity contribution in [2.45, 2.75) is 13.8 Å². The lowest BCUT2D eigenvalue weighted by Crippen LogP contribution is -1.87. The van der Waals surface area contributed by atoms with E-state index < -0.39 is 0 Å². The van der Waals surface area contributed by atoms with Gasteiger partial charge in [-0.3, -0.25) is 14.8 Å². The van der Waals surface area contributed by atoms with Gasteiger partial charge in [0, 0.05) is 11.4 Å². The minimum Gasteiger partial charge on any atom is -0.290 e. The predicted octanol–water partition coefficient (Wildman–Crippen LogP) is 3.95. The Bertz CT molecular complexity index is 743. The van der Waals surface area contributed by atoms with Gasteiger partial charge in [-0.1, -0.05) is 24.3 Å². The van der Waals surface area contributed by atoms with Crippen LogP contribution in [-0.2, 0) is 4.79 Å². The van der Waals surface area contributed by atoms with Crippen molar-refractivity contribution in [3.8, 4) is 0 Å². The molecule has 110 valence electrons. The number of pyridine rings is 2. The van der Waals surface area contributed by atoms with E-state index in [1.54, 1.807) is 18.2 Å². The first-order chi connectivity index (χ1) is 10.6. The molecule has 3 heteroatoms. The summed E-state index contributed by atoms with van der Waals surface area (Å²) in [4.78, 5) is 20.4. The van der Waals surface area contributed by atoms with E-state index >= 15 is 0 Å². The molecule has 22 heavy (non-hydrogen) atoms. The van der Waals surface area contributed by atoms with E-state index in [2.05, 4.69) is 9.97 Å². The molecule has 0 aliphatic carbocycles. The Balaban J connectivity index is 1.91. The highest BCUT2D eigenvalue weighted by Gasteiger charge is 1.92. The monoisotopic (exact) mass is 290 g/mol. The SMILES string of the molecule is Cc1cccc(/C=C/C=C/C(=O)/C=C/c2cccc(C)n2)n1. The molecular formula is C19H18N2O. The molecule has 0 saturated carbocycles. The minimum atomic E-state index is -0.0786. The van der Waals surface area contributed by atoms with E-state index in [1.807, 2.05) is 56.3 Å². The van der Waals surface area contributed by atoms with E-state index in [9.17, 15) is 4.79 Å². The molecule has 0 unspecified atom stereocenters. The maximum absolute atomic E-state index is 11.7. The Labute approximate surface area is 130 Å². The molecule has 0 amide bonds. The van der Waals surface area contributed by atoms with Gasteiger partial charge in [-0.05, 0) is 62.4 Å². The van der Waals surface area contributed by atoms with Crippen molar-refractivity contribution in [2.24, 2.45) is 0 Å². The summed E-state index contributed by atoms with van der Waals surface area (Å²) < 4.78 is 0. The topological polar surface area (TPSA) is 42.9 Å². The van der Waals surface area contributed by atoms with E-state index in [-0.39, 0.29) is 5.78 Å². The molecule has 2 aromatic rings. The molecule has 3 nitrogen and oxygen atoms in total. The van der Waals surface area contributed by atoms with Crippen molar-refractivity contribution in [3.63, 3.8) is 0 Å². The van der Waals surface area contributed by atoms with Crippen LogP contribution in [0.1, 0.15) is 22.8 Å². The third-order valence-electron chi connectivity index (χ3n) is 2.88. The second-order valence-corrected chi connectivity index (χ2v) is 4.86. The summed E-state index contributed by atoms with van der Waals surface area (Å²) in [6.45, 7) is 3.87. The van der Waals surface area contributed by atoms with Crippen LogP contribution in [0.25, 0.3) is 12.2 Å². The standard InChI is InChI=1S/C19H18N2O/c1-15-7-5-10-17(20-15)9-3-4-12-19(22)14-13-18-11-6-8-16(2)21-18/h3-14H,1-2H3/b9-3+,12-4+,14-13+. The number of nitrogens with zero attached hydrogens (tertiary/aromatic N) is 2. The molecule has 0 N–H and O–H groups in total. The van der Waals surface area contributed by atoms with Gasteiger partial charge in [-0.25, -0.2) is 0 Å². The Morgan fingerprint density at radius 2 is 1.41 bits per heavy atom. The van der Waals surface area contributed by atoms with Crippen molar-refractivity contribution in [3.05, 3.63) is 83.5 Å². The zero-order valence-corrected chi connectivity index (χ0v) is 12.7. The molecule has 0 aromatic carbocycles. The van der Waals surface area contributed by atoms with Crippen LogP contribution in [0.2, 0.25) is 0 Å². The number of hydrogen-bond acceptors (Lipinski definition) is 3. The molecular weight excluding hydrogens is 272 g/mol. The molecule has 0 saturated heterocycles. The molecule has 2 rings (SSSR count). The predicted molar refractivity (Wildman–Crippen MR) is 90.2 cm³/mol. The zero-order chi connectivity index (χ0) is 15.8. The third-order valence-corrected chi connectivity index (χ3v) is 2.88. The molecule has 2 heterocycles. The summed E-state index contributed by atoms with van der Waals surface area (Å²) in [5, 5.41) is 0. The average Bonchev–Trinajstić information content (AvgIpc) is 2.50. The summed E-state index contributed by atoms with van der Waals surface area (Å²) in [7, 11) is 0. The number of allylic oxidation sites excluding steroid dienone is 4. The minimum absolute atomic E-state index is 0.0786. The van der Waals surface area contributed by atoms with Crippen molar-refractivity contribution >= 4 is 17.9 Å². The third kappa shape index (κ3) is 5.29. The van der Waals surface area contributed by atoms with Crippen molar-refractivity contribution in [2.75, 3.05) is 0 Å². The highest BCUT2D eigenvalue weighted by Crippen LogP contribution is 2.02. The largest absolute Gasteiger partial charge is 0.290 e. The Kier molecular flexibility index (Phi) is 5.55. The number of carbonyl (C=O) groups is 1. The van der Waals surface area contributed by atoms with E-state index in [0.717, 1.165) is 22.8 Å². The first kappa shape index (κ1) is 15.6. The lowest BCUT2D eigenvalue weighted by molar-refractivity contribution is -0.110. The second kappa shape index (κ2) is 7.84. The molecule has 0 radical (unpaired) electrons. The molecule has 0 atom stereocenters. The fourth-order valence-corrected chi connectivity index (χ4v) is 1.84. The van der Waals surface area contributed by atoms with Gasteiger partial charge in [0.25, 0.3) is 0 Å². The van der Waals surface area contributed by atoms with Crippen LogP contribution in [0.15, 0.2) is 60.7 Å². The number of rotatable bonds is 5. The molecule has 2 aromatic heterocycles. The van der Waals surface area contributed by atoms with Crippen molar-refractivity contribution < 1.29 is 4.79 Å². The zero-order valence-electron chi connectivity index (χ0n) is 12.7. The van der Waals surface area contributed by atoms with E-state index in [0.29, 0.717) is 0 Å². The number of ketones is 1. The van der Waals surface area contributed by atoms with Gasteiger partial charge in [0.2, 0.25) is 0 Å². The quantitative estimate of drug-likeness (QED) is 0.618. The number of aromatic nitrogens is 2. The Morgan fingerprint density at radius 1 is 0.818 bits per heavy atom. The lowest BCUT2D eigenvalue weighted by atomic mass is 10.2. The summed E-state index contributed by atoms with van der Waals surface area (Å²) in [6.07, 6.45) is 10.1. The van der Waals surface area contributed by atoms with Gasteiger partial charge in [-0.15, -0.1) is 0 Å². The van der Waals surface area contributed by atoms with Crippen molar-refractivity contribution in [1.29, 1.82) is 0 Å². The summed E-state index contributed by atoms with van der Waals surface area (Å²) >= 11 is 0.